The number of benzene rings is 3. The summed E-state index contributed by atoms with van der Waals surface area (Å²) >= 11 is 0. The molecule has 27 heavy (non-hydrogen) atoms. The van der Waals surface area contributed by atoms with Gasteiger partial charge in [0.05, 0.1) is 18.1 Å². The van der Waals surface area contributed by atoms with Crippen molar-refractivity contribution in [3.05, 3.63) is 97.6 Å². The first kappa shape index (κ1) is 16.8. The van der Waals surface area contributed by atoms with Crippen LogP contribution in [0.15, 0.2) is 97.6 Å². The molecule has 2 heterocycles. The first-order chi connectivity index (χ1) is 13.3. The number of rotatable bonds is 2. The van der Waals surface area contributed by atoms with Gasteiger partial charge < -0.3 is 9.30 Å². The van der Waals surface area contributed by atoms with Gasteiger partial charge in [0, 0.05) is 23.5 Å². The van der Waals surface area contributed by atoms with E-state index >= 15 is 0 Å². The van der Waals surface area contributed by atoms with E-state index in [0.717, 1.165) is 16.7 Å². The minimum Gasteiger partial charge on any atom is -0.497 e. The van der Waals surface area contributed by atoms with Gasteiger partial charge in [0.2, 0.25) is 0 Å². The molecule has 0 amide bonds. The molecule has 0 spiro atoms. The molecule has 0 atom stereocenters. The third-order valence-electron chi connectivity index (χ3n) is 4.35. The summed E-state index contributed by atoms with van der Waals surface area (Å²) in [6.07, 6.45) is 5.42. The maximum Gasteiger partial charge on any atom is 0.119 e. The Balaban J connectivity index is 0.000000137. The van der Waals surface area contributed by atoms with E-state index in [1.54, 1.807) is 13.3 Å². The van der Waals surface area contributed by atoms with Gasteiger partial charge in [0.15, 0.2) is 0 Å². The standard InChI is InChI=1S/C14H11N.C9H8N2O/c1-2-7-13(8-3-1)15-11-10-12-6-4-5-9-14(12)15;1-12-8-2-3-9-7(4-8)5-10-6-11-9/h1-11H;2-6H,1H3. The Morgan fingerprint density at radius 1 is 0.815 bits per heavy atom. The average molecular weight is 353 g/mol. The highest BCUT2D eigenvalue weighted by Gasteiger charge is 2.00. The summed E-state index contributed by atoms with van der Waals surface area (Å²) in [5, 5.41) is 2.28. The first-order valence-corrected chi connectivity index (χ1v) is 8.70. The van der Waals surface area contributed by atoms with Crippen LogP contribution in [0.3, 0.4) is 0 Å². The molecule has 5 rings (SSSR count). The fourth-order valence-corrected chi connectivity index (χ4v) is 2.99. The lowest BCUT2D eigenvalue weighted by atomic mass is 10.2. The van der Waals surface area contributed by atoms with E-state index < -0.39 is 0 Å². The summed E-state index contributed by atoms with van der Waals surface area (Å²) in [6, 6.07) is 26.7. The Labute approximate surface area is 157 Å². The van der Waals surface area contributed by atoms with E-state index in [0.29, 0.717) is 0 Å². The van der Waals surface area contributed by atoms with Crippen LogP contribution in [0.1, 0.15) is 0 Å². The van der Waals surface area contributed by atoms with Crippen LogP contribution in [0, 0.1) is 0 Å². The van der Waals surface area contributed by atoms with Crippen LogP contribution < -0.4 is 4.74 Å². The van der Waals surface area contributed by atoms with E-state index in [1.165, 1.54) is 22.9 Å². The monoisotopic (exact) mass is 353 g/mol. The highest BCUT2D eigenvalue weighted by atomic mass is 16.5. The van der Waals surface area contributed by atoms with Crippen LogP contribution >= 0.6 is 0 Å². The van der Waals surface area contributed by atoms with Crippen LogP contribution in [0.25, 0.3) is 27.5 Å². The zero-order valence-corrected chi connectivity index (χ0v) is 15.0. The second-order valence-corrected chi connectivity index (χ2v) is 6.03. The van der Waals surface area contributed by atoms with Crippen LogP contribution in [-0.2, 0) is 0 Å². The highest BCUT2D eigenvalue weighted by Crippen LogP contribution is 2.19. The lowest BCUT2D eigenvalue weighted by Gasteiger charge is -2.04. The fraction of sp³-hybridized carbons (Fsp3) is 0.0435. The minimum absolute atomic E-state index is 0.831. The average Bonchev–Trinajstić information content (AvgIpc) is 3.19. The molecule has 0 N–H and O–H groups in total. The molecule has 0 saturated carbocycles. The number of fused-ring (bicyclic) bond motifs is 2. The van der Waals surface area contributed by atoms with Gasteiger partial charge in [-0.1, -0.05) is 36.4 Å². The van der Waals surface area contributed by atoms with Gasteiger partial charge in [0.25, 0.3) is 0 Å². The number of para-hydroxylation sites is 2. The van der Waals surface area contributed by atoms with Crippen molar-refractivity contribution in [3.63, 3.8) is 0 Å². The predicted molar refractivity (Wildman–Crippen MR) is 109 cm³/mol. The molecule has 0 bridgehead atoms. The molecule has 0 aliphatic heterocycles. The highest BCUT2D eigenvalue weighted by molar-refractivity contribution is 5.81. The second-order valence-electron chi connectivity index (χ2n) is 6.03. The van der Waals surface area contributed by atoms with Crippen molar-refractivity contribution in [2.75, 3.05) is 7.11 Å². The topological polar surface area (TPSA) is 39.9 Å². The van der Waals surface area contributed by atoms with E-state index in [1.807, 2.05) is 24.3 Å². The number of methoxy groups -OCH3 is 1. The molecule has 0 radical (unpaired) electrons. The molecule has 0 fully saturated rings. The van der Waals surface area contributed by atoms with Crippen LogP contribution in [-0.4, -0.2) is 21.6 Å². The van der Waals surface area contributed by atoms with Crippen LogP contribution in [0.4, 0.5) is 0 Å². The van der Waals surface area contributed by atoms with Gasteiger partial charge in [0.1, 0.15) is 12.1 Å². The van der Waals surface area contributed by atoms with Gasteiger partial charge in [-0.15, -0.1) is 0 Å². The van der Waals surface area contributed by atoms with Crippen molar-refractivity contribution in [3.8, 4) is 11.4 Å². The molecule has 5 aromatic rings. The molecule has 132 valence electrons. The van der Waals surface area contributed by atoms with Crippen molar-refractivity contribution in [2.45, 2.75) is 0 Å². The Bertz CT molecular complexity index is 1170. The summed E-state index contributed by atoms with van der Waals surface area (Å²) in [6.45, 7) is 0. The first-order valence-electron chi connectivity index (χ1n) is 8.70. The Morgan fingerprint density at radius 2 is 1.63 bits per heavy atom. The summed E-state index contributed by atoms with van der Waals surface area (Å²) in [5.74, 6) is 0.831. The van der Waals surface area contributed by atoms with Gasteiger partial charge in [-0.05, 0) is 47.9 Å². The fourth-order valence-electron chi connectivity index (χ4n) is 2.99. The summed E-state index contributed by atoms with van der Waals surface area (Å²) in [4.78, 5) is 8.01. The van der Waals surface area contributed by atoms with Crippen molar-refractivity contribution in [2.24, 2.45) is 0 Å². The summed E-state index contributed by atoms with van der Waals surface area (Å²) in [7, 11) is 1.64. The number of hydrogen-bond donors (Lipinski definition) is 0. The van der Waals surface area contributed by atoms with E-state index in [9.17, 15) is 0 Å². The molecule has 0 saturated heterocycles. The van der Waals surface area contributed by atoms with E-state index in [-0.39, 0.29) is 0 Å². The number of ether oxygens (including phenoxy) is 1. The summed E-state index contributed by atoms with van der Waals surface area (Å²) in [5.41, 5.74) is 3.40. The number of hydrogen-bond acceptors (Lipinski definition) is 3. The maximum absolute atomic E-state index is 5.07. The van der Waals surface area contributed by atoms with E-state index in [2.05, 4.69) is 75.3 Å². The van der Waals surface area contributed by atoms with Gasteiger partial charge in [-0.25, -0.2) is 9.97 Å². The van der Waals surface area contributed by atoms with Gasteiger partial charge >= 0.3 is 0 Å². The smallest absolute Gasteiger partial charge is 0.119 e. The van der Waals surface area contributed by atoms with Crippen molar-refractivity contribution < 1.29 is 4.74 Å². The molecule has 0 unspecified atom stereocenters. The SMILES string of the molecule is COc1ccc2ncncc2c1.c1ccc(-n2ccc3ccccc32)cc1. The summed E-state index contributed by atoms with van der Waals surface area (Å²) < 4.78 is 7.27. The predicted octanol–water partition coefficient (Wildman–Crippen LogP) is 5.27. The zero-order chi connectivity index (χ0) is 18.5. The quantitative estimate of drug-likeness (QED) is 0.434. The molecule has 3 aromatic carbocycles. The maximum atomic E-state index is 5.07. The molecule has 4 nitrogen and oxygen atoms in total. The number of nitrogens with zero attached hydrogens (tertiary/aromatic N) is 3. The lowest BCUT2D eigenvalue weighted by Crippen LogP contribution is -1.89. The van der Waals surface area contributed by atoms with E-state index in [4.69, 9.17) is 4.74 Å². The molecular weight excluding hydrogens is 334 g/mol. The van der Waals surface area contributed by atoms with Crippen molar-refractivity contribution in [1.29, 1.82) is 0 Å². The van der Waals surface area contributed by atoms with Gasteiger partial charge in [-0.2, -0.15) is 0 Å². The van der Waals surface area contributed by atoms with Crippen molar-refractivity contribution in [1.82, 2.24) is 14.5 Å². The van der Waals surface area contributed by atoms with Gasteiger partial charge in [-0.3, -0.25) is 0 Å². The van der Waals surface area contributed by atoms with Crippen molar-refractivity contribution >= 4 is 21.8 Å². The second kappa shape index (κ2) is 7.70. The Hall–Kier alpha value is -3.66. The molecule has 0 aliphatic rings. The van der Waals surface area contributed by atoms with Crippen LogP contribution in [0.5, 0.6) is 5.75 Å². The molecular formula is C23H19N3O. The Morgan fingerprint density at radius 3 is 2.48 bits per heavy atom. The largest absolute Gasteiger partial charge is 0.497 e. The third kappa shape index (κ3) is 3.65. The number of aromatic nitrogens is 3. The molecule has 2 aromatic heterocycles. The lowest BCUT2D eigenvalue weighted by molar-refractivity contribution is 0.415. The Kier molecular flexibility index (Phi) is 4.79. The zero-order valence-electron chi connectivity index (χ0n) is 15.0. The molecule has 4 heteroatoms. The normalized spacial score (nSPS) is 10.4. The molecule has 0 aliphatic carbocycles. The van der Waals surface area contributed by atoms with Crippen LogP contribution in [0.2, 0.25) is 0 Å². The third-order valence-corrected chi connectivity index (χ3v) is 4.35. The minimum atomic E-state index is 0.831.